The van der Waals surface area contributed by atoms with Crippen LogP contribution in [0.1, 0.15) is 17.2 Å². The molecule has 2 aliphatic rings. The van der Waals surface area contributed by atoms with Crippen LogP contribution < -0.4 is 9.80 Å². The first kappa shape index (κ1) is 18.6. The highest BCUT2D eigenvalue weighted by Crippen LogP contribution is 2.19. The lowest BCUT2D eigenvalue weighted by atomic mass is 9.96. The third-order valence-corrected chi connectivity index (χ3v) is 7.77. The molecule has 2 heterocycles. The van der Waals surface area contributed by atoms with Crippen LogP contribution in [0.3, 0.4) is 0 Å². The van der Waals surface area contributed by atoms with E-state index in [0.717, 1.165) is 26.2 Å². The minimum absolute atomic E-state index is 0.0750. The second-order valence-electron chi connectivity index (χ2n) is 7.82. The summed E-state index contributed by atoms with van der Waals surface area (Å²) in [5.41, 5.74) is 2.62. The van der Waals surface area contributed by atoms with E-state index in [0.29, 0.717) is 0 Å². The number of nitrogens with one attached hydrogen (secondary N) is 2. The average molecular weight is 389 g/mol. The van der Waals surface area contributed by atoms with Gasteiger partial charge in [0.25, 0.3) is 0 Å². The fourth-order valence-electron chi connectivity index (χ4n) is 4.73. The Morgan fingerprint density at radius 1 is 0.815 bits per heavy atom. The molecule has 144 valence electrons. The van der Waals surface area contributed by atoms with Crippen LogP contribution in [0.5, 0.6) is 0 Å². The molecule has 0 spiro atoms. The number of rotatable bonds is 4. The molecule has 5 nitrogen and oxygen atoms in total. The average Bonchev–Trinajstić information content (AvgIpc) is 2.97. The standard InChI is InChI=1S/C21H26N2O3S/c24-20-16-27(25,26)15-19(20)22-11-13-23(14-12-22)21(17-7-3-1-4-8-17)18-9-5-2-6-10-18/h1-10,19-21,24H,11-16H2/p+2/t19-,20-/m0/s1. The molecule has 2 saturated heterocycles. The zero-order valence-corrected chi connectivity index (χ0v) is 16.2. The fraction of sp³-hybridized carbons (Fsp3) is 0.429. The minimum Gasteiger partial charge on any atom is -0.386 e. The molecule has 2 aliphatic heterocycles. The Kier molecular flexibility index (Phi) is 5.32. The second kappa shape index (κ2) is 7.72. The van der Waals surface area contributed by atoms with Crippen LogP contribution in [0.15, 0.2) is 60.7 Å². The lowest BCUT2D eigenvalue weighted by Crippen LogP contribution is -3.30. The summed E-state index contributed by atoms with van der Waals surface area (Å²) in [5, 5.41) is 10.2. The number of sulfone groups is 1. The molecule has 6 heteroatoms. The molecule has 27 heavy (non-hydrogen) atoms. The summed E-state index contributed by atoms with van der Waals surface area (Å²) in [4.78, 5) is 2.75. The zero-order valence-electron chi connectivity index (χ0n) is 15.4. The fourth-order valence-corrected chi connectivity index (χ4v) is 6.62. The van der Waals surface area contributed by atoms with Crippen molar-refractivity contribution in [3.8, 4) is 0 Å². The van der Waals surface area contributed by atoms with Gasteiger partial charge in [-0.1, -0.05) is 60.7 Å². The number of hydrogen-bond donors (Lipinski definition) is 3. The SMILES string of the molecule is O=S1(=O)C[C@H](O)[C@@H]([NH+]2CC[NH+](C(c3ccccc3)c3ccccc3)CC2)C1. The number of quaternary nitrogens is 2. The Labute approximate surface area is 161 Å². The quantitative estimate of drug-likeness (QED) is 0.611. The number of hydrogen-bond acceptors (Lipinski definition) is 3. The van der Waals surface area contributed by atoms with Crippen molar-refractivity contribution in [2.45, 2.75) is 18.2 Å². The van der Waals surface area contributed by atoms with E-state index in [4.69, 9.17) is 0 Å². The topological polar surface area (TPSA) is 63.2 Å². The summed E-state index contributed by atoms with van der Waals surface area (Å²) in [6.07, 6.45) is -0.717. The molecule has 0 aliphatic carbocycles. The summed E-state index contributed by atoms with van der Waals surface area (Å²) in [6, 6.07) is 21.3. The molecule has 3 N–H and O–H groups in total. The van der Waals surface area contributed by atoms with E-state index in [2.05, 4.69) is 48.5 Å². The van der Waals surface area contributed by atoms with Gasteiger partial charge >= 0.3 is 0 Å². The van der Waals surface area contributed by atoms with Gasteiger partial charge in [-0.15, -0.1) is 0 Å². The molecule has 0 unspecified atom stereocenters. The Morgan fingerprint density at radius 2 is 1.33 bits per heavy atom. The van der Waals surface area contributed by atoms with Gasteiger partial charge in [-0.3, -0.25) is 0 Å². The van der Waals surface area contributed by atoms with Crippen molar-refractivity contribution >= 4 is 9.84 Å². The van der Waals surface area contributed by atoms with Crippen LogP contribution >= 0.6 is 0 Å². The Hall–Kier alpha value is -1.73. The van der Waals surface area contributed by atoms with Crippen molar-refractivity contribution in [1.82, 2.24) is 0 Å². The number of piperazine rings is 1. The molecule has 0 radical (unpaired) electrons. The third kappa shape index (κ3) is 4.09. The van der Waals surface area contributed by atoms with E-state index in [-0.39, 0.29) is 23.6 Å². The van der Waals surface area contributed by atoms with Gasteiger partial charge in [-0.2, -0.15) is 0 Å². The minimum atomic E-state index is -3.09. The lowest BCUT2D eigenvalue weighted by Gasteiger charge is -2.37. The van der Waals surface area contributed by atoms with E-state index in [1.807, 2.05) is 12.1 Å². The van der Waals surface area contributed by atoms with Crippen molar-refractivity contribution < 1.29 is 23.3 Å². The second-order valence-corrected chi connectivity index (χ2v) is 9.98. The summed E-state index contributed by atoms with van der Waals surface area (Å²) in [7, 11) is -3.09. The maximum absolute atomic E-state index is 11.9. The van der Waals surface area contributed by atoms with Crippen molar-refractivity contribution in [2.24, 2.45) is 0 Å². The van der Waals surface area contributed by atoms with E-state index < -0.39 is 15.9 Å². The molecule has 2 fully saturated rings. The Balaban J connectivity index is 1.51. The molecule has 4 rings (SSSR count). The van der Waals surface area contributed by atoms with Crippen LogP contribution in [0, 0.1) is 0 Å². The maximum Gasteiger partial charge on any atom is 0.159 e. The van der Waals surface area contributed by atoms with E-state index >= 15 is 0 Å². The predicted octanol–water partition coefficient (Wildman–Crippen LogP) is -1.28. The Morgan fingerprint density at radius 3 is 1.78 bits per heavy atom. The first-order valence-electron chi connectivity index (χ1n) is 9.71. The van der Waals surface area contributed by atoms with E-state index in [1.54, 1.807) is 0 Å². The van der Waals surface area contributed by atoms with Gasteiger partial charge in [0, 0.05) is 11.1 Å². The first-order chi connectivity index (χ1) is 13.0. The molecule has 2 aromatic rings. The molecule has 0 saturated carbocycles. The molecule has 2 aromatic carbocycles. The van der Waals surface area contributed by atoms with Gasteiger partial charge in [0.2, 0.25) is 0 Å². The molecule has 2 atom stereocenters. The van der Waals surface area contributed by atoms with Gasteiger partial charge < -0.3 is 14.9 Å². The highest BCUT2D eigenvalue weighted by atomic mass is 32.2. The van der Waals surface area contributed by atoms with Gasteiger partial charge in [-0.25, -0.2) is 8.42 Å². The van der Waals surface area contributed by atoms with Crippen LogP contribution in [0.2, 0.25) is 0 Å². The van der Waals surface area contributed by atoms with Crippen LogP contribution in [0.25, 0.3) is 0 Å². The summed E-state index contributed by atoms with van der Waals surface area (Å²) in [5.74, 6) is 0.0496. The van der Waals surface area contributed by atoms with Crippen molar-refractivity contribution in [3.05, 3.63) is 71.8 Å². The van der Waals surface area contributed by atoms with Crippen LogP contribution in [0.4, 0.5) is 0 Å². The van der Waals surface area contributed by atoms with E-state index in [9.17, 15) is 13.5 Å². The van der Waals surface area contributed by atoms with Crippen molar-refractivity contribution in [3.63, 3.8) is 0 Å². The molecular weight excluding hydrogens is 360 g/mol. The van der Waals surface area contributed by atoms with Gasteiger partial charge in [0.15, 0.2) is 9.84 Å². The maximum atomic E-state index is 11.9. The normalized spacial score (nSPS) is 30.4. The molecular formula is C21H28N2O3S+2. The van der Waals surface area contributed by atoms with Gasteiger partial charge in [0.1, 0.15) is 50.1 Å². The molecule has 0 aromatic heterocycles. The zero-order chi connectivity index (χ0) is 18.9. The van der Waals surface area contributed by atoms with Crippen LogP contribution in [-0.4, -0.2) is 63.4 Å². The largest absolute Gasteiger partial charge is 0.386 e. The summed E-state index contributed by atoms with van der Waals surface area (Å²) < 4.78 is 23.7. The first-order valence-corrected chi connectivity index (χ1v) is 11.5. The third-order valence-electron chi connectivity index (χ3n) is 6.06. The predicted molar refractivity (Wildman–Crippen MR) is 105 cm³/mol. The van der Waals surface area contributed by atoms with Crippen LogP contribution in [-0.2, 0) is 9.84 Å². The van der Waals surface area contributed by atoms with Gasteiger partial charge in [0.05, 0.1) is 5.75 Å². The number of benzene rings is 2. The van der Waals surface area contributed by atoms with Crippen molar-refractivity contribution in [1.29, 1.82) is 0 Å². The molecule has 0 amide bonds. The van der Waals surface area contributed by atoms with Crippen molar-refractivity contribution in [2.75, 3.05) is 37.7 Å². The number of aliphatic hydroxyl groups is 1. The van der Waals surface area contributed by atoms with E-state index in [1.165, 1.54) is 20.9 Å². The smallest absolute Gasteiger partial charge is 0.159 e. The lowest BCUT2D eigenvalue weighted by molar-refractivity contribution is -1.03. The highest BCUT2D eigenvalue weighted by molar-refractivity contribution is 7.91. The number of aliphatic hydroxyl groups excluding tert-OH is 1. The van der Waals surface area contributed by atoms with Gasteiger partial charge in [-0.05, 0) is 0 Å². The summed E-state index contributed by atoms with van der Waals surface area (Å²) >= 11 is 0. The monoisotopic (exact) mass is 388 g/mol. The highest BCUT2D eigenvalue weighted by Gasteiger charge is 2.45. The molecule has 0 bridgehead atoms. The Bertz CT molecular complexity index is 810. The summed E-state index contributed by atoms with van der Waals surface area (Å²) in [6.45, 7) is 3.71.